The van der Waals surface area contributed by atoms with Crippen molar-refractivity contribution in [2.45, 2.75) is 94.1 Å². The number of azide groups is 1. The smallest absolute Gasteiger partial charge is 0.190 e. The Hall–Kier alpha value is -5.02. The Labute approximate surface area is 348 Å². The first kappa shape index (κ1) is 41.7. The highest BCUT2D eigenvalue weighted by Crippen LogP contribution is 2.39. The zero-order chi connectivity index (χ0) is 40.9. The number of rotatable bonds is 17. The van der Waals surface area contributed by atoms with Crippen LogP contribution in [-0.4, -0.2) is 74.6 Å². The predicted molar refractivity (Wildman–Crippen MR) is 217 cm³/mol. The van der Waals surface area contributed by atoms with Crippen molar-refractivity contribution < 1.29 is 47.0 Å². The minimum absolute atomic E-state index is 0.124. The molecule has 0 spiro atoms. The molecule has 3 fully saturated rings. The third kappa shape index (κ3) is 10.5. The van der Waals surface area contributed by atoms with E-state index in [-0.39, 0.29) is 33.0 Å². The summed E-state index contributed by atoms with van der Waals surface area (Å²) in [6, 6.07) is 47.2. The summed E-state index contributed by atoms with van der Waals surface area (Å²) in [6.07, 6.45) is -9.40. The van der Waals surface area contributed by atoms with Crippen molar-refractivity contribution in [2.24, 2.45) is 5.11 Å². The first-order chi connectivity index (χ1) is 29.7. The summed E-state index contributed by atoms with van der Waals surface area (Å²) in [7, 11) is 0. The molecule has 11 atom stereocenters. The number of alkyl halides is 1. The summed E-state index contributed by atoms with van der Waals surface area (Å²) in [5.41, 5.74) is 14.1. The fraction of sp³-hybridized carbons (Fsp3) is 0.362. The van der Waals surface area contributed by atoms with Gasteiger partial charge >= 0.3 is 0 Å². The number of hydrogen-bond acceptors (Lipinski definition) is 10. The van der Waals surface area contributed by atoms with Gasteiger partial charge in [-0.3, -0.25) is 0 Å². The van der Waals surface area contributed by atoms with Gasteiger partial charge in [0, 0.05) is 10.5 Å². The maximum Gasteiger partial charge on any atom is 0.190 e. The molecule has 3 saturated heterocycles. The summed E-state index contributed by atoms with van der Waals surface area (Å²) in [6.45, 7) is -0.171. The van der Waals surface area contributed by atoms with Crippen molar-refractivity contribution >= 4 is 0 Å². The van der Waals surface area contributed by atoms with Gasteiger partial charge in [0.25, 0.3) is 0 Å². The van der Waals surface area contributed by atoms with E-state index in [4.69, 9.17) is 42.6 Å². The lowest BCUT2D eigenvalue weighted by molar-refractivity contribution is -0.405. The van der Waals surface area contributed by atoms with Crippen LogP contribution < -0.4 is 0 Å². The van der Waals surface area contributed by atoms with Crippen LogP contribution in [0.15, 0.2) is 157 Å². The zero-order valence-electron chi connectivity index (χ0n) is 32.9. The Kier molecular flexibility index (Phi) is 14.6. The van der Waals surface area contributed by atoms with Crippen LogP contribution in [0, 0.1) is 0 Å². The Morgan fingerprint density at radius 3 is 1.47 bits per heavy atom. The minimum Gasteiger partial charge on any atom is -0.370 e. The van der Waals surface area contributed by atoms with E-state index < -0.39 is 74.3 Å². The van der Waals surface area contributed by atoms with Gasteiger partial charge < -0.3 is 42.6 Å². The van der Waals surface area contributed by atoms with Gasteiger partial charge in [-0.25, -0.2) is 4.39 Å². The second-order valence-corrected chi connectivity index (χ2v) is 14.8. The molecule has 12 nitrogen and oxygen atoms in total. The summed E-state index contributed by atoms with van der Waals surface area (Å²) >= 11 is 0. The van der Waals surface area contributed by atoms with Crippen LogP contribution in [0.3, 0.4) is 0 Å². The molecule has 3 heterocycles. The Balaban J connectivity index is 1.14. The fourth-order valence-corrected chi connectivity index (χ4v) is 7.70. The summed E-state index contributed by atoms with van der Waals surface area (Å²) in [5, 5.41) is 3.99. The van der Waals surface area contributed by atoms with Crippen molar-refractivity contribution in [3.05, 3.63) is 190 Å². The lowest BCUT2D eigenvalue weighted by Gasteiger charge is -2.51. The minimum atomic E-state index is -1.29. The quantitative estimate of drug-likeness (QED) is 0.0515. The molecule has 0 bridgehead atoms. The molecule has 0 aromatic heterocycles. The molecule has 5 aromatic rings. The van der Waals surface area contributed by atoms with Crippen LogP contribution in [0.1, 0.15) is 34.1 Å². The van der Waals surface area contributed by atoms with Gasteiger partial charge in [-0.1, -0.05) is 157 Å². The van der Waals surface area contributed by atoms with E-state index >= 15 is 4.39 Å². The average molecular weight is 818 g/mol. The summed E-state index contributed by atoms with van der Waals surface area (Å²) < 4.78 is 74.6. The summed E-state index contributed by atoms with van der Waals surface area (Å²) in [4.78, 5) is 3.06. The molecule has 0 aliphatic carbocycles. The normalized spacial score (nSPS) is 28.9. The van der Waals surface area contributed by atoms with Crippen LogP contribution in [-0.2, 0) is 69.1 Å². The molecule has 0 unspecified atom stereocenters. The first-order valence-corrected chi connectivity index (χ1v) is 20.2. The monoisotopic (exact) mass is 817 g/mol. The number of halogens is 1. The van der Waals surface area contributed by atoms with Gasteiger partial charge in [0.15, 0.2) is 18.9 Å². The Morgan fingerprint density at radius 1 is 0.550 bits per heavy atom. The highest BCUT2D eigenvalue weighted by Gasteiger charge is 2.55. The van der Waals surface area contributed by atoms with Crippen molar-refractivity contribution in [1.82, 2.24) is 0 Å². The van der Waals surface area contributed by atoms with E-state index in [2.05, 4.69) is 10.0 Å². The lowest BCUT2D eigenvalue weighted by Crippen LogP contribution is -2.66. The number of fused-ring (bicyclic) bond motifs is 1. The largest absolute Gasteiger partial charge is 0.370 e. The first-order valence-electron chi connectivity index (χ1n) is 20.2. The van der Waals surface area contributed by atoms with Crippen LogP contribution in [0.5, 0.6) is 0 Å². The second-order valence-electron chi connectivity index (χ2n) is 14.8. The van der Waals surface area contributed by atoms with Crippen LogP contribution >= 0.6 is 0 Å². The third-order valence-corrected chi connectivity index (χ3v) is 10.7. The molecule has 0 saturated carbocycles. The van der Waals surface area contributed by atoms with E-state index in [0.29, 0.717) is 0 Å². The molecule has 312 valence electrons. The van der Waals surface area contributed by atoms with Crippen LogP contribution in [0.4, 0.5) is 4.39 Å². The van der Waals surface area contributed by atoms with Crippen LogP contribution in [0.25, 0.3) is 10.4 Å². The van der Waals surface area contributed by atoms with Gasteiger partial charge in [0.2, 0.25) is 0 Å². The van der Waals surface area contributed by atoms with Crippen molar-refractivity contribution in [3.8, 4) is 0 Å². The molecule has 13 heteroatoms. The molecule has 0 N–H and O–H groups in total. The fourth-order valence-electron chi connectivity index (χ4n) is 7.70. The van der Waals surface area contributed by atoms with E-state index in [1.165, 1.54) is 0 Å². The Morgan fingerprint density at radius 2 is 0.983 bits per heavy atom. The van der Waals surface area contributed by atoms with E-state index in [1.807, 2.05) is 152 Å². The highest BCUT2D eigenvalue weighted by molar-refractivity contribution is 5.19. The van der Waals surface area contributed by atoms with Gasteiger partial charge in [0.05, 0.1) is 39.1 Å². The van der Waals surface area contributed by atoms with E-state index in [0.717, 1.165) is 27.8 Å². The molecule has 0 radical (unpaired) electrons. The molecule has 5 aromatic carbocycles. The average Bonchev–Trinajstić information content (AvgIpc) is 3.31. The summed E-state index contributed by atoms with van der Waals surface area (Å²) in [5.74, 6) is 0. The molecule has 3 aliphatic rings. The molecule has 3 aliphatic heterocycles. The van der Waals surface area contributed by atoms with Gasteiger partial charge in [-0.15, -0.1) is 0 Å². The maximum absolute atomic E-state index is 15.1. The third-order valence-electron chi connectivity index (χ3n) is 10.7. The van der Waals surface area contributed by atoms with E-state index in [1.54, 1.807) is 0 Å². The highest BCUT2D eigenvalue weighted by atomic mass is 19.1. The molecule has 60 heavy (non-hydrogen) atoms. The molecular formula is C47H48FN3O9. The number of benzene rings is 5. The second kappa shape index (κ2) is 21.0. The number of ether oxygens (including phenoxy) is 9. The predicted octanol–water partition coefficient (Wildman–Crippen LogP) is 8.56. The van der Waals surface area contributed by atoms with Gasteiger partial charge in [0.1, 0.15) is 49.4 Å². The van der Waals surface area contributed by atoms with Crippen molar-refractivity contribution in [1.29, 1.82) is 0 Å². The lowest BCUT2D eigenvalue weighted by atomic mass is 9.95. The Bertz CT molecular complexity index is 2070. The van der Waals surface area contributed by atoms with Crippen LogP contribution in [0.2, 0.25) is 0 Å². The van der Waals surface area contributed by atoms with E-state index in [9.17, 15) is 5.53 Å². The maximum atomic E-state index is 15.1. The topological polar surface area (TPSA) is 132 Å². The van der Waals surface area contributed by atoms with Crippen molar-refractivity contribution in [3.63, 3.8) is 0 Å². The molecule has 8 rings (SSSR count). The molecular weight excluding hydrogens is 770 g/mol. The van der Waals surface area contributed by atoms with Gasteiger partial charge in [-0.2, -0.15) is 0 Å². The molecule has 0 amide bonds. The standard InChI is InChI=1S/C47H48FN3O9/c48-26-37-39(50-51-49)41(52-27-32-16-6-1-7-17-32)43(54-29-34-20-10-3-11-21-34)46(57-37)60-47-44(55-30-35-22-12-4-13-23-35)42(53-28-33-18-8-2-9-19-33)40-38(58-47)31-56-45(59-40)36-24-14-5-15-25-36/h1-25,37-47H,26-31H2/t37-,38-,39+,40-,41+,42+,43-,44-,45-,46-,47+/m1/s1. The van der Waals surface area contributed by atoms with Gasteiger partial charge in [-0.05, 0) is 27.8 Å². The SMILES string of the molecule is [N-]=[N+]=N[C@@H]1[C@H](OCc2ccccc2)[C@@H](OCc2ccccc2)[C@@H](O[C@@H]2O[C@@H]3CO[C@@H](c4ccccc4)O[C@H]3[C@H](OCc3ccccc3)[C@H]2OCc2ccccc2)O[C@@H]1CF. The van der Waals surface area contributed by atoms with Crippen molar-refractivity contribution in [2.75, 3.05) is 13.3 Å². The number of hydrogen-bond donors (Lipinski definition) is 0. The zero-order valence-corrected chi connectivity index (χ0v) is 32.9. The number of nitrogens with zero attached hydrogens (tertiary/aromatic N) is 3.